The molecule has 2 saturated heterocycles. The lowest BCUT2D eigenvalue weighted by Crippen LogP contribution is -2.65. The standard InChI is InChI=1S/C77H133NO13/c1-3-5-7-9-11-13-15-17-19-21-23-25-27-29-31-32-33-34-35-37-39-41-43-45-47-49-51-53-55-57-59-61-69(82)78-65(64-88-76-74(87)72(85)75(68(63-80)90-76)91-77-73(86)71(84)70(83)67(62-79)89-77)66(81)60-58-56-54-52-50-48-46-44-42-40-38-36-30-28-26-24-22-20-18-16-14-12-10-8-6-4-2/h5,7,11,13,17,19,23,25,29,31,33-34,37,39,43,45,58,60,65-68,70-77,79-81,83-87H,3-4,6,8-10,12,14-16,18,20-22,24,26-28,30,32,35-36,38,40-42,44,46-57,59,61-64H2,1-2H3,(H,78,82)/b7-5-,13-11-,19-17-,25-23-,31-29-,34-33-,39-37-,45-43-,60-58+. The van der Waals surface area contributed by atoms with Crippen molar-refractivity contribution in [2.24, 2.45) is 0 Å². The Morgan fingerprint density at radius 3 is 1.16 bits per heavy atom. The Hall–Kier alpha value is -3.35. The monoisotopic (exact) mass is 1280 g/mol. The molecule has 0 aromatic heterocycles. The van der Waals surface area contributed by atoms with Gasteiger partial charge in [0.2, 0.25) is 5.91 Å². The minimum atomic E-state index is -1.80. The van der Waals surface area contributed by atoms with Crippen LogP contribution in [0.5, 0.6) is 0 Å². The summed E-state index contributed by atoms with van der Waals surface area (Å²) < 4.78 is 22.9. The smallest absolute Gasteiger partial charge is 0.220 e. The van der Waals surface area contributed by atoms with Crippen molar-refractivity contribution in [3.05, 3.63) is 109 Å². The van der Waals surface area contributed by atoms with Crippen molar-refractivity contribution in [2.75, 3.05) is 19.8 Å². The molecule has 9 N–H and O–H groups in total. The summed E-state index contributed by atoms with van der Waals surface area (Å²) in [6.45, 7) is 2.70. The zero-order valence-electron chi connectivity index (χ0n) is 57.1. The Kier molecular flexibility index (Phi) is 55.5. The summed E-state index contributed by atoms with van der Waals surface area (Å²) in [6, 6.07) is -0.933. The van der Waals surface area contributed by atoms with Crippen LogP contribution >= 0.6 is 0 Å². The highest BCUT2D eigenvalue weighted by Crippen LogP contribution is 2.30. The normalized spacial score (nSPS) is 23.5. The van der Waals surface area contributed by atoms with Crippen LogP contribution in [0.4, 0.5) is 0 Å². The van der Waals surface area contributed by atoms with Gasteiger partial charge in [-0.3, -0.25) is 4.79 Å². The SMILES string of the molecule is CC/C=C\C/C=C\C/C=C\C/C=C\C/C=C\C/C=C\C/C=C\C/C=C\CCCCCCCCC(=O)NC(COC1OC(CO)C(OC2OC(CO)C(O)C(O)C2O)C(O)C1O)C(O)/C=C/CCCCCCCCCCCCCCCCCCCCCCCCCC. The van der Waals surface area contributed by atoms with Crippen molar-refractivity contribution >= 4 is 5.91 Å². The third-order valence-corrected chi connectivity index (χ3v) is 17.2. The van der Waals surface area contributed by atoms with Gasteiger partial charge in [0.05, 0.1) is 32.0 Å². The number of aliphatic hydroxyl groups is 8. The first-order valence-electron chi connectivity index (χ1n) is 36.6. The summed E-state index contributed by atoms with van der Waals surface area (Å²) in [7, 11) is 0. The first-order valence-corrected chi connectivity index (χ1v) is 36.6. The molecular weight excluding hydrogens is 1150 g/mol. The zero-order chi connectivity index (χ0) is 65.9. The third kappa shape index (κ3) is 44.1. The van der Waals surface area contributed by atoms with E-state index in [1.54, 1.807) is 6.08 Å². The highest BCUT2D eigenvalue weighted by atomic mass is 16.7. The predicted molar refractivity (Wildman–Crippen MR) is 373 cm³/mol. The van der Waals surface area contributed by atoms with Crippen LogP contribution in [-0.2, 0) is 23.7 Å². The van der Waals surface area contributed by atoms with E-state index in [2.05, 4.69) is 116 Å². The predicted octanol–water partition coefficient (Wildman–Crippen LogP) is 15.5. The minimum Gasteiger partial charge on any atom is -0.394 e. The van der Waals surface area contributed by atoms with Crippen LogP contribution in [0.25, 0.3) is 0 Å². The van der Waals surface area contributed by atoms with Gasteiger partial charge in [0, 0.05) is 6.42 Å². The van der Waals surface area contributed by atoms with E-state index in [-0.39, 0.29) is 18.9 Å². The maximum Gasteiger partial charge on any atom is 0.220 e. The lowest BCUT2D eigenvalue weighted by Gasteiger charge is -2.46. The molecule has 2 aliphatic rings. The number of ether oxygens (including phenoxy) is 4. The molecule has 12 atom stereocenters. The number of hydrogen-bond acceptors (Lipinski definition) is 13. The summed E-state index contributed by atoms with van der Waals surface area (Å²) in [5, 5.41) is 87.5. The van der Waals surface area contributed by atoms with Crippen molar-refractivity contribution < 1.29 is 64.6 Å². The molecule has 2 aliphatic heterocycles. The Bertz CT molecular complexity index is 1950. The fraction of sp³-hybridized carbons (Fsp3) is 0.753. The number of carbonyl (C=O) groups is 1. The summed E-state index contributed by atoms with van der Waals surface area (Å²) in [6.07, 6.45) is 69.9. The maximum atomic E-state index is 13.3. The molecule has 0 spiro atoms. The summed E-state index contributed by atoms with van der Waals surface area (Å²) in [4.78, 5) is 13.3. The number of rotatable bonds is 59. The molecule has 2 fully saturated rings. The van der Waals surface area contributed by atoms with Gasteiger partial charge < -0.3 is 65.1 Å². The molecule has 12 unspecified atom stereocenters. The molecule has 91 heavy (non-hydrogen) atoms. The molecular formula is C77H133NO13. The quantitative estimate of drug-likeness (QED) is 0.0204. The molecule has 0 bridgehead atoms. The van der Waals surface area contributed by atoms with Gasteiger partial charge in [-0.15, -0.1) is 0 Å². The second-order valence-electron chi connectivity index (χ2n) is 25.3. The van der Waals surface area contributed by atoms with Crippen molar-refractivity contribution in [1.82, 2.24) is 5.32 Å². The van der Waals surface area contributed by atoms with Gasteiger partial charge in [-0.1, -0.05) is 297 Å². The number of aliphatic hydroxyl groups excluding tert-OH is 8. The fourth-order valence-corrected chi connectivity index (χ4v) is 11.4. The Balaban J connectivity index is 1.69. The van der Waals surface area contributed by atoms with Crippen LogP contribution in [0.3, 0.4) is 0 Å². The molecule has 0 aliphatic carbocycles. The first-order chi connectivity index (χ1) is 44.6. The number of allylic oxidation sites excluding steroid dienone is 17. The molecule has 0 radical (unpaired) electrons. The van der Waals surface area contributed by atoms with Gasteiger partial charge in [0.1, 0.15) is 48.8 Å². The maximum absolute atomic E-state index is 13.3. The average molecular weight is 1280 g/mol. The molecule has 1 amide bonds. The summed E-state index contributed by atoms with van der Waals surface area (Å²) in [5.74, 6) is -0.256. The minimum absolute atomic E-state index is 0.256. The first kappa shape index (κ1) is 83.7. The molecule has 524 valence electrons. The van der Waals surface area contributed by atoms with Crippen molar-refractivity contribution in [3.8, 4) is 0 Å². The van der Waals surface area contributed by atoms with Gasteiger partial charge in [0.25, 0.3) is 0 Å². The van der Waals surface area contributed by atoms with Crippen molar-refractivity contribution in [1.29, 1.82) is 0 Å². The van der Waals surface area contributed by atoms with E-state index in [1.165, 1.54) is 141 Å². The van der Waals surface area contributed by atoms with Crippen molar-refractivity contribution in [2.45, 2.75) is 351 Å². The average Bonchev–Trinajstić information content (AvgIpc) is 1.25. The topological polar surface area (TPSA) is 228 Å². The van der Waals surface area contributed by atoms with Crippen LogP contribution < -0.4 is 5.32 Å². The van der Waals surface area contributed by atoms with Crippen LogP contribution in [0.15, 0.2) is 109 Å². The number of hydrogen-bond donors (Lipinski definition) is 9. The lowest BCUT2D eigenvalue weighted by atomic mass is 9.97. The van der Waals surface area contributed by atoms with Gasteiger partial charge in [-0.05, 0) is 83.5 Å². The van der Waals surface area contributed by atoms with Gasteiger partial charge in [-0.2, -0.15) is 0 Å². The molecule has 2 rings (SSSR count). The number of amides is 1. The van der Waals surface area contributed by atoms with Gasteiger partial charge >= 0.3 is 0 Å². The largest absolute Gasteiger partial charge is 0.394 e. The third-order valence-electron chi connectivity index (χ3n) is 17.2. The zero-order valence-corrected chi connectivity index (χ0v) is 57.1. The number of unbranched alkanes of at least 4 members (excludes halogenated alkanes) is 30. The van der Waals surface area contributed by atoms with Crippen LogP contribution in [-0.4, -0.2) is 140 Å². The molecule has 0 aromatic rings. The Morgan fingerprint density at radius 2 is 0.758 bits per heavy atom. The van der Waals surface area contributed by atoms with E-state index in [9.17, 15) is 45.6 Å². The van der Waals surface area contributed by atoms with Gasteiger partial charge in [0.15, 0.2) is 12.6 Å². The van der Waals surface area contributed by atoms with E-state index in [0.717, 1.165) is 109 Å². The summed E-state index contributed by atoms with van der Waals surface area (Å²) >= 11 is 0. The van der Waals surface area contributed by atoms with Crippen LogP contribution in [0.1, 0.15) is 277 Å². The Labute approximate surface area is 553 Å². The van der Waals surface area contributed by atoms with Crippen LogP contribution in [0, 0.1) is 0 Å². The number of nitrogens with one attached hydrogen (secondary N) is 1. The molecule has 14 heteroatoms. The van der Waals surface area contributed by atoms with E-state index >= 15 is 0 Å². The molecule has 2 heterocycles. The molecule has 0 aromatic carbocycles. The highest BCUT2D eigenvalue weighted by Gasteiger charge is 2.51. The summed E-state index contributed by atoms with van der Waals surface area (Å²) in [5.41, 5.74) is 0. The van der Waals surface area contributed by atoms with E-state index in [4.69, 9.17) is 18.9 Å². The molecule has 0 saturated carbocycles. The highest BCUT2D eigenvalue weighted by molar-refractivity contribution is 5.76. The van der Waals surface area contributed by atoms with Gasteiger partial charge in [-0.25, -0.2) is 0 Å². The van der Waals surface area contributed by atoms with E-state index < -0.39 is 86.8 Å². The lowest BCUT2D eigenvalue weighted by molar-refractivity contribution is -0.359. The van der Waals surface area contributed by atoms with Crippen LogP contribution in [0.2, 0.25) is 0 Å². The second kappa shape index (κ2) is 60.3. The second-order valence-corrected chi connectivity index (χ2v) is 25.3. The fourth-order valence-electron chi connectivity index (χ4n) is 11.4. The Morgan fingerprint density at radius 1 is 0.407 bits per heavy atom. The van der Waals surface area contributed by atoms with E-state index in [1.807, 2.05) is 6.08 Å². The number of carbonyl (C=O) groups excluding carboxylic acids is 1. The molecule has 14 nitrogen and oxygen atoms in total. The van der Waals surface area contributed by atoms with E-state index in [0.29, 0.717) is 6.42 Å². The van der Waals surface area contributed by atoms with Crippen molar-refractivity contribution in [3.63, 3.8) is 0 Å².